The fourth-order valence-electron chi connectivity index (χ4n) is 5.02. The molecule has 0 saturated heterocycles. The van der Waals surface area contributed by atoms with Gasteiger partial charge in [0.2, 0.25) is 0 Å². The highest BCUT2D eigenvalue weighted by Gasteiger charge is 2.40. The molecule has 1 fully saturated rings. The molecule has 0 heterocycles. The average molecular weight is 467 g/mol. The summed E-state index contributed by atoms with van der Waals surface area (Å²) in [4.78, 5) is 26.2. The smallest absolute Gasteiger partial charge is 0.310 e. The molecule has 2 N–H and O–H groups in total. The zero-order valence-corrected chi connectivity index (χ0v) is 20.3. The number of carbonyl (C=O) groups is 2. The van der Waals surface area contributed by atoms with Crippen molar-refractivity contribution in [3.8, 4) is 5.75 Å². The standard InChI is InChI=1S/C29H38O5/c1-2-22-9-11-24(12-10-22)20-28(33)34-21-29(17-5-6-23(15-18-29)16-19-30)27(32)14-13-25-7-3-4-8-26(25)31/h3-4,7-12,23,30-31H,2,5-6,13-21H2,1H3. The van der Waals surface area contributed by atoms with Crippen molar-refractivity contribution in [2.45, 2.75) is 71.1 Å². The van der Waals surface area contributed by atoms with Gasteiger partial charge in [-0.2, -0.15) is 0 Å². The van der Waals surface area contributed by atoms with Gasteiger partial charge in [-0.1, -0.05) is 62.2 Å². The van der Waals surface area contributed by atoms with Crippen LogP contribution in [0.2, 0.25) is 0 Å². The van der Waals surface area contributed by atoms with Crippen LogP contribution in [0.1, 0.15) is 68.6 Å². The molecule has 1 aliphatic carbocycles. The Morgan fingerprint density at radius 1 is 1.03 bits per heavy atom. The average Bonchev–Trinajstić information content (AvgIpc) is 3.06. The monoisotopic (exact) mass is 466 g/mol. The molecular formula is C29H38O5. The normalized spacial score (nSPS) is 20.5. The third kappa shape index (κ3) is 7.17. The second-order valence-electron chi connectivity index (χ2n) is 9.65. The van der Waals surface area contributed by atoms with Crippen LogP contribution in [0.5, 0.6) is 5.75 Å². The van der Waals surface area contributed by atoms with E-state index >= 15 is 0 Å². The summed E-state index contributed by atoms with van der Waals surface area (Å²) in [6, 6.07) is 15.1. The minimum absolute atomic E-state index is 0.0977. The van der Waals surface area contributed by atoms with Crippen LogP contribution in [0, 0.1) is 11.3 Å². The third-order valence-electron chi connectivity index (χ3n) is 7.33. The minimum atomic E-state index is -0.698. The van der Waals surface area contributed by atoms with Crippen LogP contribution in [0.4, 0.5) is 0 Å². The highest BCUT2D eigenvalue weighted by atomic mass is 16.5. The largest absolute Gasteiger partial charge is 0.508 e. The number of rotatable bonds is 11. The number of ether oxygens (including phenoxy) is 1. The molecule has 0 radical (unpaired) electrons. The van der Waals surface area contributed by atoms with Crippen LogP contribution in [0.15, 0.2) is 48.5 Å². The van der Waals surface area contributed by atoms with E-state index in [1.54, 1.807) is 12.1 Å². The molecule has 1 aliphatic rings. The van der Waals surface area contributed by atoms with Crippen LogP contribution >= 0.6 is 0 Å². The predicted molar refractivity (Wildman–Crippen MR) is 133 cm³/mol. The number of hydrogen-bond donors (Lipinski definition) is 2. The Labute approximate surface area is 203 Å². The first-order chi connectivity index (χ1) is 16.5. The van der Waals surface area contributed by atoms with Gasteiger partial charge in [0.25, 0.3) is 0 Å². The summed E-state index contributed by atoms with van der Waals surface area (Å²) >= 11 is 0. The van der Waals surface area contributed by atoms with Gasteiger partial charge in [0.05, 0.1) is 11.8 Å². The number of aryl methyl sites for hydroxylation is 2. The van der Waals surface area contributed by atoms with E-state index in [0.717, 1.165) is 43.2 Å². The second kappa shape index (κ2) is 12.7. The molecular weight excluding hydrogens is 428 g/mol. The van der Waals surface area contributed by atoms with E-state index in [2.05, 4.69) is 6.92 Å². The van der Waals surface area contributed by atoms with E-state index in [1.807, 2.05) is 36.4 Å². The number of aromatic hydroxyl groups is 1. The maximum absolute atomic E-state index is 13.5. The first kappa shape index (κ1) is 26.0. The molecule has 0 aliphatic heterocycles. The number of aliphatic hydroxyl groups excluding tert-OH is 1. The third-order valence-corrected chi connectivity index (χ3v) is 7.33. The maximum atomic E-state index is 13.5. The minimum Gasteiger partial charge on any atom is -0.508 e. The molecule has 2 aromatic carbocycles. The predicted octanol–water partition coefficient (Wildman–Crippen LogP) is 5.19. The molecule has 0 bridgehead atoms. The zero-order valence-electron chi connectivity index (χ0n) is 20.3. The molecule has 0 aromatic heterocycles. The first-order valence-electron chi connectivity index (χ1n) is 12.6. The van der Waals surface area contributed by atoms with Crippen LogP contribution in [0.25, 0.3) is 0 Å². The van der Waals surface area contributed by atoms with E-state index in [1.165, 1.54) is 5.56 Å². The molecule has 5 nitrogen and oxygen atoms in total. The number of benzene rings is 2. The van der Waals surface area contributed by atoms with Crippen LogP contribution in [-0.4, -0.2) is 35.2 Å². The van der Waals surface area contributed by atoms with Crippen molar-refractivity contribution in [2.24, 2.45) is 11.3 Å². The van der Waals surface area contributed by atoms with Crippen molar-refractivity contribution in [1.82, 2.24) is 0 Å². The highest BCUT2D eigenvalue weighted by molar-refractivity contribution is 5.85. The van der Waals surface area contributed by atoms with Crippen LogP contribution in [0.3, 0.4) is 0 Å². The quantitative estimate of drug-likeness (QED) is 0.352. The molecule has 2 atom stereocenters. The summed E-state index contributed by atoms with van der Waals surface area (Å²) in [5.74, 6) is 0.383. The molecule has 184 valence electrons. The summed E-state index contributed by atoms with van der Waals surface area (Å²) in [6.45, 7) is 2.35. The molecule has 34 heavy (non-hydrogen) atoms. The van der Waals surface area contributed by atoms with E-state index in [0.29, 0.717) is 31.6 Å². The van der Waals surface area contributed by atoms with E-state index in [-0.39, 0.29) is 37.1 Å². The molecule has 2 aromatic rings. The Morgan fingerprint density at radius 2 is 1.76 bits per heavy atom. The number of para-hydroxylation sites is 1. The van der Waals surface area contributed by atoms with Gasteiger partial charge in [0.15, 0.2) is 0 Å². The molecule has 2 unspecified atom stereocenters. The van der Waals surface area contributed by atoms with Crippen molar-refractivity contribution in [3.63, 3.8) is 0 Å². The van der Waals surface area contributed by atoms with E-state index in [9.17, 15) is 19.8 Å². The summed E-state index contributed by atoms with van der Waals surface area (Å²) < 4.78 is 5.73. The van der Waals surface area contributed by atoms with Gasteiger partial charge in [-0.15, -0.1) is 0 Å². The van der Waals surface area contributed by atoms with Gasteiger partial charge in [0, 0.05) is 13.0 Å². The number of hydrogen-bond acceptors (Lipinski definition) is 5. The lowest BCUT2D eigenvalue weighted by Gasteiger charge is -2.31. The number of aliphatic hydroxyl groups is 1. The first-order valence-corrected chi connectivity index (χ1v) is 12.6. The number of Topliss-reactive ketones (excluding diaryl/α,β-unsaturated/α-hetero) is 1. The summed E-state index contributed by atoms with van der Waals surface area (Å²) in [5, 5.41) is 19.5. The van der Waals surface area contributed by atoms with Gasteiger partial charge >= 0.3 is 5.97 Å². The number of carbonyl (C=O) groups excluding carboxylic acids is 2. The second-order valence-corrected chi connectivity index (χ2v) is 9.65. The Hall–Kier alpha value is -2.66. The Bertz CT molecular complexity index is 936. The molecule has 5 heteroatoms. The van der Waals surface area contributed by atoms with Crippen molar-refractivity contribution in [1.29, 1.82) is 0 Å². The maximum Gasteiger partial charge on any atom is 0.310 e. The lowest BCUT2D eigenvalue weighted by molar-refractivity contribution is -0.150. The summed E-state index contributed by atoms with van der Waals surface area (Å²) in [7, 11) is 0. The molecule has 3 rings (SSSR count). The number of esters is 1. The molecule has 0 amide bonds. The van der Waals surface area contributed by atoms with Crippen molar-refractivity contribution in [2.75, 3.05) is 13.2 Å². The van der Waals surface area contributed by atoms with Crippen LogP contribution < -0.4 is 0 Å². The van der Waals surface area contributed by atoms with Gasteiger partial charge in [-0.25, -0.2) is 0 Å². The number of phenolic OH excluding ortho intramolecular Hbond substituents is 1. The lowest BCUT2D eigenvalue weighted by Crippen LogP contribution is -2.37. The van der Waals surface area contributed by atoms with Gasteiger partial charge in [-0.05, 0) is 67.2 Å². The van der Waals surface area contributed by atoms with Crippen molar-refractivity contribution >= 4 is 11.8 Å². The van der Waals surface area contributed by atoms with E-state index < -0.39 is 5.41 Å². The lowest BCUT2D eigenvalue weighted by atomic mass is 9.75. The molecule has 0 spiro atoms. The highest BCUT2D eigenvalue weighted by Crippen LogP contribution is 2.40. The fraction of sp³-hybridized carbons (Fsp3) is 0.517. The Balaban J connectivity index is 1.67. The number of ketones is 1. The SMILES string of the molecule is CCc1ccc(CC(=O)OCC2(C(=O)CCc3ccccc3O)CCCC(CCO)CC2)cc1. The van der Waals surface area contributed by atoms with Crippen molar-refractivity contribution in [3.05, 3.63) is 65.2 Å². The Kier molecular flexibility index (Phi) is 9.70. The number of phenols is 1. The van der Waals surface area contributed by atoms with Gasteiger partial charge in [-0.3, -0.25) is 9.59 Å². The van der Waals surface area contributed by atoms with Gasteiger partial charge < -0.3 is 14.9 Å². The van der Waals surface area contributed by atoms with Crippen molar-refractivity contribution < 1.29 is 24.5 Å². The molecule has 1 saturated carbocycles. The summed E-state index contributed by atoms with van der Waals surface area (Å²) in [6.07, 6.45) is 6.71. The van der Waals surface area contributed by atoms with Crippen LogP contribution in [-0.2, 0) is 33.6 Å². The fourth-order valence-corrected chi connectivity index (χ4v) is 5.02. The van der Waals surface area contributed by atoms with E-state index in [4.69, 9.17) is 4.74 Å². The topological polar surface area (TPSA) is 83.8 Å². The summed E-state index contributed by atoms with van der Waals surface area (Å²) in [5.41, 5.74) is 2.19. The zero-order chi connectivity index (χ0) is 24.4. The Morgan fingerprint density at radius 3 is 2.47 bits per heavy atom. The van der Waals surface area contributed by atoms with Gasteiger partial charge in [0.1, 0.15) is 18.1 Å².